The van der Waals surface area contributed by atoms with Crippen LogP contribution >= 0.6 is 0 Å². The van der Waals surface area contributed by atoms with Gasteiger partial charge in [0, 0.05) is 0 Å². The summed E-state index contributed by atoms with van der Waals surface area (Å²) in [6.45, 7) is 3.95. The van der Waals surface area contributed by atoms with Gasteiger partial charge in [-0.1, -0.05) is 6.08 Å². The van der Waals surface area contributed by atoms with E-state index in [9.17, 15) is 4.39 Å². The Hall–Kier alpha value is -0.413. The molecule has 0 aromatic rings. The molecule has 0 amide bonds. The number of hydrogen-bond donors (Lipinski definition) is 0. The van der Waals surface area contributed by atoms with Gasteiger partial charge in [0.15, 0.2) is 9.76 Å². The molecular weight excluding hydrogens is 135 g/mol. The predicted molar refractivity (Wildman–Crippen MR) is 39.7 cm³/mol. The van der Waals surface area contributed by atoms with E-state index in [1.165, 1.54) is 6.08 Å². The smallest absolute Gasteiger partial charge is 0.165 e. The lowest BCUT2D eigenvalue weighted by Gasteiger charge is -1.93. The Morgan fingerprint density at radius 2 is 2.44 bits per heavy atom. The fraction of sp³-hybridized carbons (Fsp3) is 0.333. The molecule has 0 fully saturated rings. The Kier molecular flexibility index (Phi) is 7.24. The van der Waals surface area contributed by atoms with Crippen LogP contribution in [0, 0.1) is 0 Å². The second kappa shape index (κ2) is 7.59. The van der Waals surface area contributed by atoms with Crippen LogP contribution in [0.15, 0.2) is 25.1 Å². The molecule has 0 heterocycles. The molecule has 0 bridgehead atoms. The van der Waals surface area contributed by atoms with Crippen molar-refractivity contribution in [2.45, 2.75) is 6.04 Å². The third-order valence-electron chi connectivity index (χ3n) is 0.769. The Balaban J connectivity index is 2.82. The maximum atomic E-state index is 11.2. The Bertz CT molecular complexity index is 93.1. The van der Waals surface area contributed by atoms with Gasteiger partial charge < -0.3 is 4.43 Å². The van der Waals surface area contributed by atoms with E-state index in [4.69, 9.17) is 4.43 Å². The monoisotopic (exact) mass is 146 g/mol. The van der Waals surface area contributed by atoms with Crippen molar-refractivity contribution in [2.24, 2.45) is 0 Å². The molecule has 0 saturated carbocycles. The molecule has 0 spiro atoms. The summed E-state index contributed by atoms with van der Waals surface area (Å²) in [6, 6.07) is 0.958. The van der Waals surface area contributed by atoms with Crippen LogP contribution < -0.4 is 0 Å². The van der Waals surface area contributed by atoms with E-state index in [0.717, 1.165) is 6.04 Å². The van der Waals surface area contributed by atoms with Crippen LogP contribution in [0.2, 0.25) is 6.04 Å². The van der Waals surface area contributed by atoms with Crippen LogP contribution in [0.1, 0.15) is 0 Å². The van der Waals surface area contributed by atoms with Gasteiger partial charge in [0.05, 0.1) is 12.9 Å². The molecule has 0 aliphatic carbocycles. The molecule has 0 aliphatic heterocycles. The van der Waals surface area contributed by atoms with Crippen molar-refractivity contribution in [3.8, 4) is 0 Å². The lowest BCUT2D eigenvalue weighted by atomic mass is 10.7. The van der Waals surface area contributed by atoms with Crippen molar-refractivity contribution in [3.63, 3.8) is 0 Å². The Morgan fingerprint density at radius 3 is 3.00 bits per heavy atom. The van der Waals surface area contributed by atoms with Crippen LogP contribution in [0.4, 0.5) is 4.39 Å². The van der Waals surface area contributed by atoms with Crippen molar-refractivity contribution in [3.05, 3.63) is 25.1 Å². The molecule has 52 valence electrons. The Labute approximate surface area is 57.2 Å². The highest BCUT2D eigenvalue weighted by Crippen LogP contribution is 1.81. The molecular formula is C6H11FOSi. The second-order valence-electron chi connectivity index (χ2n) is 1.51. The average molecular weight is 146 g/mol. The Morgan fingerprint density at radius 1 is 1.67 bits per heavy atom. The lowest BCUT2D eigenvalue weighted by molar-refractivity contribution is 0.384. The summed E-state index contributed by atoms with van der Waals surface area (Å²) in [4.78, 5) is 0. The third-order valence-corrected chi connectivity index (χ3v) is 1.94. The molecule has 0 unspecified atom stereocenters. The van der Waals surface area contributed by atoms with E-state index in [0.29, 0.717) is 12.9 Å². The summed E-state index contributed by atoms with van der Waals surface area (Å²) in [7, 11) is -0.445. The normalized spacial score (nSPS) is 11.7. The van der Waals surface area contributed by atoms with Crippen LogP contribution in [0.3, 0.4) is 0 Å². The first kappa shape index (κ1) is 8.59. The quantitative estimate of drug-likeness (QED) is 0.321. The van der Waals surface area contributed by atoms with Gasteiger partial charge in [-0.25, -0.2) is 4.39 Å². The standard InChI is InChI=1S/C6H11FOSi/c1-2-6-9-8-5-3-4-7/h2-4H,1,5-6,9H2. The van der Waals surface area contributed by atoms with E-state index in [2.05, 4.69) is 6.58 Å². The zero-order chi connectivity index (χ0) is 6.95. The van der Waals surface area contributed by atoms with Crippen LogP contribution in [0.5, 0.6) is 0 Å². The van der Waals surface area contributed by atoms with Gasteiger partial charge >= 0.3 is 0 Å². The van der Waals surface area contributed by atoms with E-state index in [-0.39, 0.29) is 0 Å². The topological polar surface area (TPSA) is 9.23 Å². The fourth-order valence-electron chi connectivity index (χ4n) is 0.354. The molecule has 0 aromatic heterocycles. The molecule has 3 heteroatoms. The first-order valence-electron chi connectivity index (χ1n) is 2.85. The number of rotatable bonds is 5. The molecule has 0 atom stereocenters. The highest BCUT2D eigenvalue weighted by Gasteiger charge is 1.80. The maximum Gasteiger partial charge on any atom is 0.165 e. The minimum absolute atomic E-state index is 0.413. The van der Waals surface area contributed by atoms with Crippen molar-refractivity contribution in [1.29, 1.82) is 0 Å². The summed E-state index contributed by atoms with van der Waals surface area (Å²) >= 11 is 0. The first-order chi connectivity index (χ1) is 4.41. The minimum atomic E-state index is -0.445. The highest BCUT2D eigenvalue weighted by molar-refractivity contribution is 6.27. The van der Waals surface area contributed by atoms with E-state index in [1.807, 2.05) is 6.08 Å². The second-order valence-corrected chi connectivity index (χ2v) is 2.91. The van der Waals surface area contributed by atoms with Gasteiger partial charge in [0.1, 0.15) is 0 Å². The van der Waals surface area contributed by atoms with Gasteiger partial charge in [-0.15, -0.1) is 6.58 Å². The fourth-order valence-corrected chi connectivity index (χ4v) is 0.990. The van der Waals surface area contributed by atoms with Gasteiger partial charge in [0.2, 0.25) is 0 Å². The van der Waals surface area contributed by atoms with Crippen molar-refractivity contribution >= 4 is 9.76 Å². The molecule has 0 aromatic carbocycles. The maximum absolute atomic E-state index is 11.2. The molecule has 0 rings (SSSR count). The van der Waals surface area contributed by atoms with E-state index < -0.39 is 9.76 Å². The zero-order valence-electron chi connectivity index (χ0n) is 5.35. The van der Waals surface area contributed by atoms with Crippen molar-refractivity contribution in [1.82, 2.24) is 0 Å². The van der Waals surface area contributed by atoms with E-state index in [1.54, 1.807) is 0 Å². The number of allylic oxidation sites excluding steroid dienone is 1. The SMILES string of the molecule is C=CC[SiH2]OCC=CF. The largest absolute Gasteiger partial charge is 0.420 e. The number of halogens is 1. The molecule has 0 aliphatic rings. The molecule has 9 heavy (non-hydrogen) atoms. The third kappa shape index (κ3) is 7.59. The minimum Gasteiger partial charge on any atom is -0.420 e. The summed E-state index contributed by atoms with van der Waals surface area (Å²) < 4.78 is 16.3. The lowest BCUT2D eigenvalue weighted by Crippen LogP contribution is -1.95. The van der Waals surface area contributed by atoms with Gasteiger partial charge in [-0.05, 0) is 12.1 Å². The van der Waals surface area contributed by atoms with E-state index >= 15 is 0 Å². The molecule has 0 N–H and O–H groups in total. The van der Waals surface area contributed by atoms with Crippen molar-refractivity contribution in [2.75, 3.05) is 6.61 Å². The predicted octanol–water partition coefficient (Wildman–Crippen LogP) is 1.17. The zero-order valence-corrected chi connectivity index (χ0v) is 6.76. The molecule has 0 radical (unpaired) electrons. The average Bonchev–Trinajstić information content (AvgIpc) is 1.89. The summed E-state index contributed by atoms with van der Waals surface area (Å²) in [5.74, 6) is 0. The van der Waals surface area contributed by atoms with Gasteiger partial charge in [-0.2, -0.15) is 0 Å². The highest BCUT2D eigenvalue weighted by atomic mass is 28.2. The summed E-state index contributed by atoms with van der Waals surface area (Å²) in [5.41, 5.74) is 0. The van der Waals surface area contributed by atoms with Crippen LogP contribution in [0.25, 0.3) is 0 Å². The van der Waals surface area contributed by atoms with Crippen molar-refractivity contribution < 1.29 is 8.82 Å². The van der Waals surface area contributed by atoms with Crippen LogP contribution in [-0.2, 0) is 4.43 Å². The number of hydrogen-bond acceptors (Lipinski definition) is 1. The molecule has 1 nitrogen and oxygen atoms in total. The molecule has 0 saturated heterocycles. The first-order valence-corrected chi connectivity index (χ1v) is 4.43. The van der Waals surface area contributed by atoms with Gasteiger partial charge in [0.25, 0.3) is 0 Å². The summed E-state index contributed by atoms with van der Waals surface area (Å²) in [6.07, 6.45) is 3.68. The van der Waals surface area contributed by atoms with Crippen LogP contribution in [-0.4, -0.2) is 16.4 Å². The summed E-state index contributed by atoms with van der Waals surface area (Å²) in [5, 5.41) is 0. The van der Waals surface area contributed by atoms with Gasteiger partial charge in [-0.3, -0.25) is 0 Å².